The van der Waals surface area contributed by atoms with E-state index >= 15 is 0 Å². The van der Waals surface area contributed by atoms with Gasteiger partial charge in [0.15, 0.2) is 5.78 Å². The first-order valence-corrected chi connectivity index (χ1v) is 10.9. The molecule has 0 heterocycles. The summed E-state index contributed by atoms with van der Waals surface area (Å²) in [6.07, 6.45) is 0. The van der Waals surface area contributed by atoms with Gasteiger partial charge in [0.25, 0.3) is 0 Å². The van der Waals surface area contributed by atoms with E-state index in [1.54, 1.807) is 6.92 Å². The van der Waals surface area contributed by atoms with Crippen molar-refractivity contribution in [1.82, 2.24) is 5.32 Å². The van der Waals surface area contributed by atoms with Crippen molar-refractivity contribution in [3.05, 3.63) is 95.8 Å². The number of hydrogen-bond acceptors (Lipinski definition) is 3. The van der Waals surface area contributed by atoms with Gasteiger partial charge in [-0.2, -0.15) is 0 Å². The highest BCUT2D eigenvalue weighted by Gasteiger charge is 2.19. The van der Waals surface area contributed by atoms with Gasteiger partial charge in [-0.15, -0.1) is 0 Å². The Kier molecular flexibility index (Phi) is 13.3. The summed E-state index contributed by atoms with van der Waals surface area (Å²) in [4.78, 5) is 23.2. The Hall–Kier alpha value is -3.14. The number of nitrogens with one attached hydrogen (secondary N) is 1. The normalized spacial score (nSPS) is 9.84. The van der Waals surface area contributed by atoms with Gasteiger partial charge >= 0.3 is 0 Å². The maximum atomic E-state index is 12.0. The van der Waals surface area contributed by atoms with E-state index in [9.17, 15) is 9.59 Å². The summed E-state index contributed by atoms with van der Waals surface area (Å²) in [6, 6.07) is 17.0. The molecular weight excluding hydrogens is 398 g/mol. The van der Waals surface area contributed by atoms with Crippen molar-refractivity contribution >= 4 is 11.7 Å². The number of amides is 1. The lowest BCUT2D eigenvalue weighted by molar-refractivity contribution is -0.118. The van der Waals surface area contributed by atoms with Gasteiger partial charge in [-0.1, -0.05) is 101 Å². The number of rotatable bonds is 8. The van der Waals surface area contributed by atoms with Crippen LogP contribution in [0.1, 0.15) is 64.5 Å². The van der Waals surface area contributed by atoms with Gasteiger partial charge < -0.3 is 10.1 Å². The van der Waals surface area contributed by atoms with Crippen LogP contribution in [0.15, 0.2) is 79.1 Å². The first-order valence-electron chi connectivity index (χ1n) is 10.9. The summed E-state index contributed by atoms with van der Waals surface area (Å²) >= 11 is 0. The molecule has 0 atom stereocenters. The van der Waals surface area contributed by atoms with Crippen molar-refractivity contribution in [2.75, 3.05) is 13.2 Å². The van der Waals surface area contributed by atoms with Crippen LogP contribution in [0.3, 0.4) is 0 Å². The molecular formula is C28H41NO3. The molecule has 0 radical (unpaired) electrons. The van der Waals surface area contributed by atoms with Crippen LogP contribution in [-0.2, 0) is 9.53 Å². The minimum absolute atomic E-state index is 0. The van der Waals surface area contributed by atoms with Gasteiger partial charge in [0.2, 0.25) is 5.91 Å². The van der Waals surface area contributed by atoms with Crippen LogP contribution in [0, 0.1) is 12.3 Å². The largest absolute Gasteiger partial charge is 0.498 e. The number of carbonyl (C=O) groups excluding carboxylic acids is 2. The first-order chi connectivity index (χ1) is 15.0. The topological polar surface area (TPSA) is 55.4 Å². The van der Waals surface area contributed by atoms with E-state index in [2.05, 4.69) is 18.5 Å². The molecule has 2 rings (SSSR count). The molecule has 0 aromatic heterocycles. The molecule has 0 spiro atoms. The van der Waals surface area contributed by atoms with Gasteiger partial charge in [-0.05, 0) is 20.8 Å². The van der Waals surface area contributed by atoms with Gasteiger partial charge in [-0.25, -0.2) is 0 Å². The molecule has 1 N–H and O–H groups in total. The van der Waals surface area contributed by atoms with Crippen LogP contribution in [0.25, 0.3) is 0 Å². The second-order valence-corrected chi connectivity index (χ2v) is 8.18. The van der Waals surface area contributed by atoms with E-state index in [1.165, 1.54) is 5.56 Å². The Morgan fingerprint density at radius 3 is 1.91 bits per heavy atom. The average molecular weight is 440 g/mol. The molecule has 2 aromatic carbocycles. The zero-order valence-electron chi connectivity index (χ0n) is 20.7. The van der Waals surface area contributed by atoms with Crippen LogP contribution in [0.4, 0.5) is 0 Å². The van der Waals surface area contributed by atoms with E-state index in [0.717, 1.165) is 11.1 Å². The van der Waals surface area contributed by atoms with Gasteiger partial charge in [0, 0.05) is 30.1 Å². The quantitative estimate of drug-likeness (QED) is 0.281. The van der Waals surface area contributed by atoms with Crippen molar-refractivity contribution in [3.63, 3.8) is 0 Å². The van der Waals surface area contributed by atoms with Crippen molar-refractivity contribution in [1.29, 1.82) is 0 Å². The standard InChI is InChI=1S/C14H12O.C12H21NO2.C2H6.H2/c1-11-7-9-13(10-8-11)14(15)12-5-3-2-4-6-12;1-9(2)11(14)13-7-12(5,6)8-15-10(3)4;1-2;/h2-10H,1H3;1,3,7-8H2,2,4-6H3,(H,13,14);1-2H3;1H. The fourth-order valence-corrected chi connectivity index (χ4v) is 2.30. The Labute approximate surface area is 195 Å². The molecule has 32 heavy (non-hydrogen) atoms. The molecule has 0 unspecified atom stereocenters. The number of ether oxygens (including phenoxy) is 1. The fourth-order valence-electron chi connectivity index (χ4n) is 2.30. The summed E-state index contributed by atoms with van der Waals surface area (Å²) in [5, 5.41) is 2.80. The monoisotopic (exact) mass is 439 g/mol. The zero-order valence-corrected chi connectivity index (χ0v) is 20.7. The van der Waals surface area contributed by atoms with E-state index in [1.807, 2.05) is 96.1 Å². The summed E-state index contributed by atoms with van der Waals surface area (Å²) < 4.78 is 5.33. The predicted octanol–water partition coefficient (Wildman–Crippen LogP) is 6.75. The van der Waals surface area contributed by atoms with Crippen LogP contribution in [-0.4, -0.2) is 24.8 Å². The number of allylic oxidation sites excluding steroid dienone is 1. The first kappa shape index (κ1) is 28.9. The molecule has 0 aliphatic heterocycles. The summed E-state index contributed by atoms with van der Waals surface area (Å²) in [6.45, 7) is 21.9. The van der Waals surface area contributed by atoms with Gasteiger partial charge in [0.05, 0.1) is 12.4 Å². The smallest absolute Gasteiger partial charge is 0.246 e. The molecule has 0 aliphatic carbocycles. The van der Waals surface area contributed by atoms with E-state index in [-0.39, 0.29) is 18.5 Å². The Morgan fingerprint density at radius 2 is 1.44 bits per heavy atom. The molecule has 4 nitrogen and oxygen atoms in total. The highest BCUT2D eigenvalue weighted by Crippen LogP contribution is 2.15. The second-order valence-electron chi connectivity index (χ2n) is 8.18. The molecule has 0 bridgehead atoms. The molecule has 0 saturated carbocycles. The van der Waals surface area contributed by atoms with E-state index < -0.39 is 0 Å². The number of ketones is 1. The zero-order chi connectivity index (χ0) is 24.7. The number of hydrogen-bond donors (Lipinski definition) is 1. The van der Waals surface area contributed by atoms with Gasteiger partial charge in [-0.3, -0.25) is 9.59 Å². The van der Waals surface area contributed by atoms with Crippen LogP contribution in [0.2, 0.25) is 0 Å². The third kappa shape index (κ3) is 11.9. The SMILES string of the molecule is C=C(C)OCC(C)(C)CNC(=O)C(=C)C.CC.Cc1ccc(C(=O)c2ccccc2)cc1.[HH]. The maximum Gasteiger partial charge on any atom is 0.246 e. The number of benzene rings is 2. The fraction of sp³-hybridized carbons (Fsp3) is 0.357. The van der Waals surface area contributed by atoms with Crippen LogP contribution >= 0.6 is 0 Å². The lowest BCUT2D eigenvalue weighted by Gasteiger charge is -2.25. The number of aryl methyl sites for hydroxylation is 1. The maximum absolute atomic E-state index is 12.0. The Balaban J connectivity index is 0. The van der Waals surface area contributed by atoms with Crippen molar-refractivity contribution < 1.29 is 15.8 Å². The highest BCUT2D eigenvalue weighted by atomic mass is 16.5. The predicted molar refractivity (Wildman–Crippen MR) is 137 cm³/mol. The van der Waals surface area contributed by atoms with Crippen molar-refractivity contribution in [3.8, 4) is 0 Å². The molecule has 0 fully saturated rings. The Bertz CT molecular complexity index is 872. The highest BCUT2D eigenvalue weighted by molar-refractivity contribution is 6.08. The van der Waals surface area contributed by atoms with Crippen molar-refractivity contribution in [2.45, 2.75) is 48.5 Å². The van der Waals surface area contributed by atoms with Crippen LogP contribution < -0.4 is 5.32 Å². The molecule has 0 saturated heterocycles. The Morgan fingerprint density at radius 1 is 0.938 bits per heavy atom. The van der Waals surface area contributed by atoms with Crippen molar-refractivity contribution in [2.24, 2.45) is 5.41 Å². The number of carbonyl (C=O) groups is 2. The van der Waals surface area contributed by atoms with E-state index in [4.69, 9.17) is 4.74 Å². The third-order valence-corrected chi connectivity index (χ3v) is 4.17. The lowest BCUT2D eigenvalue weighted by Crippen LogP contribution is -2.36. The van der Waals surface area contributed by atoms with E-state index in [0.29, 0.717) is 24.5 Å². The van der Waals surface area contributed by atoms with Gasteiger partial charge in [0.1, 0.15) is 0 Å². The summed E-state index contributed by atoms with van der Waals surface area (Å²) in [5.74, 6) is 0.656. The molecule has 0 aliphatic rings. The molecule has 1 amide bonds. The minimum atomic E-state index is -0.113. The second kappa shape index (κ2) is 14.8. The summed E-state index contributed by atoms with van der Waals surface area (Å²) in [7, 11) is 0. The minimum Gasteiger partial charge on any atom is -0.498 e. The van der Waals surface area contributed by atoms with Crippen LogP contribution in [0.5, 0.6) is 0 Å². The average Bonchev–Trinajstić information content (AvgIpc) is 2.78. The molecule has 176 valence electrons. The third-order valence-electron chi connectivity index (χ3n) is 4.17. The lowest BCUT2D eigenvalue weighted by atomic mass is 9.94. The molecule has 2 aromatic rings. The molecule has 4 heteroatoms. The summed E-state index contributed by atoms with van der Waals surface area (Å²) in [5.41, 5.74) is 3.06.